The van der Waals surface area contributed by atoms with Crippen molar-refractivity contribution in [1.82, 2.24) is 24.1 Å². The molecule has 1 aliphatic rings. The lowest BCUT2D eigenvalue weighted by atomic mass is 9.96. The van der Waals surface area contributed by atoms with Crippen LogP contribution >= 0.6 is 11.9 Å². The minimum Gasteiger partial charge on any atom is -0.497 e. The van der Waals surface area contributed by atoms with Gasteiger partial charge in [-0.25, -0.2) is 9.78 Å². The van der Waals surface area contributed by atoms with Crippen molar-refractivity contribution in [2.75, 3.05) is 39.9 Å². The molecule has 252 valence electrons. The van der Waals surface area contributed by atoms with E-state index in [4.69, 9.17) is 9.47 Å². The van der Waals surface area contributed by atoms with Crippen molar-refractivity contribution in [3.05, 3.63) is 126 Å². The number of ether oxygens (including phenoxy) is 2. The van der Waals surface area contributed by atoms with Crippen LogP contribution in [0, 0.1) is 0 Å². The Hall–Kier alpha value is -5.13. The van der Waals surface area contributed by atoms with Crippen LogP contribution in [0.3, 0.4) is 0 Å². The van der Waals surface area contributed by atoms with Crippen molar-refractivity contribution in [3.63, 3.8) is 0 Å². The van der Waals surface area contributed by atoms with E-state index in [1.807, 2.05) is 35.2 Å². The number of carbonyl (C=O) groups is 3. The number of aromatic nitrogens is 2. The molecule has 1 aliphatic heterocycles. The summed E-state index contributed by atoms with van der Waals surface area (Å²) in [5, 5.41) is 1.06. The van der Waals surface area contributed by atoms with Crippen LogP contribution in [-0.2, 0) is 9.53 Å². The number of amides is 2. The van der Waals surface area contributed by atoms with Crippen LogP contribution < -0.4 is 4.74 Å². The number of rotatable bonds is 11. The van der Waals surface area contributed by atoms with Crippen LogP contribution in [0.4, 0.5) is 0 Å². The van der Waals surface area contributed by atoms with Gasteiger partial charge >= 0.3 is 5.97 Å². The van der Waals surface area contributed by atoms with Gasteiger partial charge in [-0.1, -0.05) is 60.7 Å². The number of hydrogen-bond acceptors (Lipinski definition) is 8. The second kappa shape index (κ2) is 15.4. The Labute approximate surface area is 290 Å². The van der Waals surface area contributed by atoms with Gasteiger partial charge in [0, 0.05) is 55.2 Å². The Morgan fingerprint density at radius 2 is 1.57 bits per heavy atom. The molecule has 5 aromatic rings. The average Bonchev–Trinajstić information content (AvgIpc) is 3.58. The second-order valence-corrected chi connectivity index (χ2v) is 12.7. The summed E-state index contributed by atoms with van der Waals surface area (Å²) in [5.41, 5.74) is 3.65. The van der Waals surface area contributed by atoms with Crippen molar-refractivity contribution >= 4 is 40.6 Å². The molecule has 0 radical (unpaired) electrons. The Balaban J connectivity index is 1.26. The van der Waals surface area contributed by atoms with Gasteiger partial charge in [0.1, 0.15) is 22.5 Å². The van der Waals surface area contributed by atoms with Gasteiger partial charge < -0.3 is 19.4 Å². The normalized spacial score (nSPS) is 14.1. The van der Waals surface area contributed by atoms with Crippen molar-refractivity contribution in [2.24, 2.45) is 0 Å². The highest BCUT2D eigenvalue weighted by molar-refractivity contribution is 7.97. The van der Waals surface area contributed by atoms with E-state index in [9.17, 15) is 14.4 Å². The first-order valence-corrected chi connectivity index (χ1v) is 17.1. The smallest absolute Gasteiger partial charge is 0.340 e. The molecule has 1 fully saturated rings. The number of esters is 1. The standard InChI is InChI=1S/C38H39N5O5S/c1-4-48-38(46)31-16-11-19-39-35(31)49-43(37(45)33-25-29-24-30(47-3)17-18-32(29)40-33)26(2)36(44)42-22-20-41(21-23-42)34(27-12-7-5-8-13-27)28-14-9-6-10-15-28/h5-19,24-26,34,40H,4,20-23H2,1-3H3/t26-/m1/s1. The molecule has 6 rings (SSSR count). The van der Waals surface area contributed by atoms with E-state index in [1.54, 1.807) is 45.4 Å². The number of H-pyrrole nitrogens is 1. The van der Waals surface area contributed by atoms with Crippen molar-refractivity contribution in [1.29, 1.82) is 0 Å². The zero-order valence-corrected chi connectivity index (χ0v) is 28.6. The first-order valence-electron chi connectivity index (χ1n) is 16.3. The molecule has 1 saturated heterocycles. The van der Waals surface area contributed by atoms with E-state index in [2.05, 4.69) is 63.4 Å². The highest BCUT2D eigenvalue weighted by atomic mass is 32.2. The minimum atomic E-state index is -0.888. The van der Waals surface area contributed by atoms with Crippen LogP contribution in [0.25, 0.3) is 10.9 Å². The van der Waals surface area contributed by atoms with Gasteiger partial charge in [-0.2, -0.15) is 0 Å². The molecule has 0 spiro atoms. The molecular weight excluding hydrogens is 639 g/mol. The Bertz CT molecular complexity index is 1870. The van der Waals surface area contributed by atoms with Crippen LogP contribution in [0.2, 0.25) is 0 Å². The van der Waals surface area contributed by atoms with Crippen LogP contribution in [-0.4, -0.2) is 87.8 Å². The summed E-state index contributed by atoms with van der Waals surface area (Å²) in [6, 6.07) is 30.4. The van der Waals surface area contributed by atoms with E-state index in [0.717, 1.165) is 22.9 Å². The third-order valence-corrected chi connectivity index (χ3v) is 9.82. The number of benzene rings is 3. The zero-order valence-electron chi connectivity index (χ0n) is 27.7. The summed E-state index contributed by atoms with van der Waals surface area (Å²) in [6.07, 6.45) is 1.55. The number of nitrogens with one attached hydrogen (secondary N) is 1. The van der Waals surface area contributed by atoms with E-state index in [-0.39, 0.29) is 29.1 Å². The zero-order chi connectivity index (χ0) is 34.3. The van der Waals surface area contributed by atoms with E-state index >= 15 is 0 Å². The molecule has 0 saturated carbocycles. The molecular formula is C38H39N5O5S. The lowest BCUT2D eigenvalue weighted by molar-refractivity contribution is -0.136. The highest BCUT2D eigenvalue weighted by Crippen LogP contribution is 2.32. The molecule has 2 amide bonds. The predicted octanol–water partition coefficient (Wildman–Crippen LogP) is 6.22. The molecule has 49 heavy (non-hydrogen) atoms. The number of methoxy groups -OCH3 is 1. The molecule has 0 aliphatic carbocycles. The lowest BCUT2D eigenvalue weighted by Crippen LogP contribution is -2.54. The molecule has 3 heterocycles. The number of aromatic amines is 1. The third kappa shape index (κ3) is 7.48. The van der Waals surface area contributed by atoms with E-state index in [1.165, 1.54) is 15.4 Å². The third-order valence-electron chi connectivity index (χ3n) is 8.64. The van der Waals surface area contributed by atoms with Gasteiger partial charge in [0.2, 0.25) is 5.91 Å². The molecule has 1 N–H and O–H groups in total. The van der Waals surface area contributed by atoms with Crippen molar-refractivity contribution in [3.8, 4) is 5.75 Å². The summed E-state index contributed by atoms with van der Waals surface area (Å²) >= 11 is 0.960. The largest absolute Gasteiger partial charge is 0.497 e. The number of piperazine rings is 1. The fourth-order valence-electron chi connectivity index (χ4n) is 6.14. The first-order chi connectivity index (χ1) is 23.9. The van der Waals surface area contributed by atoms with Crippen LogP contribution in [0.5, 0.6) is 5.75 Å². The second-order valence-electron chi connectivity index (χ2n) is 11.7. The molecule has 0 bridgehead atoms. The number of carbonyl (C=O) groups excluding carboxylic acids is 3. The summed E-state index contributed by atoms with van der Waals surface area (Å²) in [6.45, 7) is 5.94. The summed E-state index contributed by atoms with van der Waals surface area (Å²) in [5.74, 6) is -0.505. The van der Waals surface area contributed by atoms with Gasteiger partial charge in [0.05, 0.1) is 25.3 Å². The number of pyridine rings is 1. The molecule has 10 nitrogen and oxygen atoms in total. The van der Waals surface area contributed by atoms with Gasteiger partial charge in [0.15, 0.2) is 0 Å². The molecule has 3 aromatic carbocycles. The van der Waals surface area contributed by atoms with Gasteiger partial charge in [-0.3, -0.25) is 18.8 Å². The first kappa shape index (κ1) is 33.8. The summed E-state index contributed by atoms with van der Waals surface area (Å²) < 4.78 is 12.0. The fourth-order valence-corrected chi connectivity index (χ4v) is 7.11. The molecule has 2 aromatic heterocycles. The molecule has 1 atom stereocenters. The number of hydrogen-bond donors (Lipinski definition) is 1. The highest BCUT2D eigenvalue weighted by Gasteiger charge is 2.36. The van der Waals surface area contributed by atoms with Gasteiger partial charge in [0.25, 0.3) is 5.91 Å². The maximum absolute atomic E-state index is 14.3. The van der Waals surface area contributed by atoms with Crippen molar-refractivity contribution < 1.29 is 23.9 Å². The average molecular weight is 678 g/mol. The monoisotopic (exact) mass is 677 g/mol. The van der Waals surface area contributed by atoms with Gasteiger partial charge in [-0.15, -0.1) is 0 Å². The maximum Gasteiger partial charge on any atom is 0.340 e. The minimum absolute atomic E-state index is 0.0526. The van der Waals surface area contributed by atoms with E-state index < -0.39 is 17.9 Å². The van der Waals surface area contributed by atoms with E-state index in [0.29, 0.717) is 37.6 Å². The fraction of sp³-hybridized carbons (Fsp3) is 0.263. The number of fused-ring (bicyclic) bond motifs is 1. The molecule has 0 unspecified atom stereocenters. The summed E-state index contributed by atoms with van der Waals surface area (Å²) in [4.78, 5) is 53.2. The quantitative estimate of drug-likeness (QED) is 0.130. The predicted molar refractivity (Wildman–Crippen MR) is 189 cm³/mol. The Morgan fingerprint density at radius 3 is 2.20 bits per heavy atom. The van der Waals surface area contributed by atoms with Crippen LogP contribution in [0.1, 0.15) is 51.9 Å². The maximum atomic E-state index is 14.3. The van der Waals surface area contributed by atoms with Crippen LogP contribution in [0.15, 0.2) is 108 Å². The topological polar surface area (TPSA) is 108 Å². The Morgan fingerprint density at radius 1 is 0.898 bits per heavy atom. The van der Waals surface area contributed by atoms with Crippen molar-refractivity contribution in [2.45, 2.75) is 31.0 Å². The SMILES string of the molecule is CCOC(=O)c1cccnc1SN(C(=O)c1cc2cc(OC)ccc2[nH]1)[C@H](C)C(=O)N1CCN(C(c2ccccc2)c2ccccc2)CC1. The number of nitrogens with zero attached hydrogens (tertiary/aromatic N) is 4. The summed E-state index contributed by atoms with van der Waals surface area (Å²) in [7, 11) is 1.59. The Kier molecular flexibility index (Phi) is 10.6. The lowest BCUT2D eigenvalue weighted by Gasteiger charge is -2.41. The molecule has 11 heteroatoms. The van der Waals surface area contributed by atoms with Gasteiger partial charge in [-0.05, 0) is 61.4 Å².